The zero-order chi connectivity index (χ0) is 18.3. The van der Waals surface area contributed by atoms with Crippen LogP contribution in [0.5, 0.6) is 0 Å². The number of rotatable bonds is 1. The predicted molar refractivity (Wildman–Crippen MR) is 112 cm³/mol. The zero-order valence-corrected chi connectivity index (χ0v) is 16.4. The molecule has 1 aromatic carbocycles. The summed E-state index contributed by atoms with van der Waals surface area (Å²) in [6.45, 7) is 2.09. The Morgan fingerprint density at radius 2 is 1.96 bits per heavy atom. The van der Waals surface area contributed by atoms with Crippen LogP contribution in [0, 0.1) is 11.3 Å². The summed E-state index contributed by atoms with van der Waals surface area (Å²) in [6.07, 6.45) is 8.14. The van der Waals surface area contributed by atoms with Gasteiger partial charge < -0.3 is 10.1 Å². The average Bonchev–Trinajstić information content (AvgIpc) is 2.62. The van der Waals surface area contributed by atoms with Gasteiger partial charge in [-0.2, -0.15) is 5.26 Å². The quantitative estimate of drug-likeness (QED) is 0.645. The Morgan fingerprint density at radius 1 is 1.19 bits per heavy atom. The molecule has 1 fully saturated rings. The smallest absolute Gasteiger partial charge is 0.262 e. The molecule has 0 atom stereocenters. The largest absolute Gasteiger partial charge is 0.459 e. The Labute approximate surface area is 164 Å². The number of hydrogen-bond donors (Lipinski definition) is 1. The molecule has 1 N–H and O–H groups in total. The number of thiocarbonyl (C=S) groups is 2. The number of ether oxygens (including phenoxy) is 1. The van der Waals surface area contributed by atoms with Gasteiger partial charge in [0, 0.05) is 22.5 Å². The molecule has 1 aliphatic heterocycles. The predicted octanol–water partition coefficient (Wildman–Crippen LogP) is 5.57. The van der Waals surface area contributed by atoms with E-state index in [4.69, 9.17) is 29.2 Å². The lowest BCUT2D eigenvalue weighted by Gasteiger charge is -2.42. The van der Waals surface area contributed by atoms with Gasteiger partial charge in [0.2, 0.25) is 0 Å². The minimum atomic E-state index is -0.313. The highest BCUT2D eigenvalue weighted by Gasteiger charge is 2.41. The van der Waals surface area contributed by atoms with Gasteiger partial charge in [-0.25, -0.2) is 0 Å². The second kappa shape index (κ2) is 6.61. The molecule has 1 heterocycles. The van der Waals surface area contributed by atoms with Crippen molar-refractivity contribution >= 4 is 45.7 Å². The second-order valence-corrected chi connectivity index (χ2v) is 8.16. The van der Waals surface area contributed by atoms with Crippen LogP contribution >= 0.6 is 24.4 Å². The first-order chi connectivity index (χ1) is 12.5. The van der Waals surface area contributed by atoms with E-state index in [9.17, 15) is 5.26 Å². The molecule has 132 valence electrons. The van der Waals surface area contributed by atoms with Crippen LogP contribution in [0.3, 0.4) is 0 Å². The van der Waals surface area contributed by atoms with Crippen molar-refractivity contribution in [3.8, 4) is 6.07 Å². The van der Waals surface area contributed by atoms with Crippen LogP contribution in [0.1, 0.15) is 56.6 Å². The van der Waals surface area contributed by atoms with Crippen molar-refractivity contribution in [1.82, 2.24) is 0 Å². The molecule has 1 aromatic rings. The van der Waals surface area contributed by atoms with E-state index in [0.29, 0.717) is 17.2 Å². The number of benzene rings is 1. The summed E-state index contributed by atoms with van der Waals surface area (Å²) in [6, 6.07) is 8.63. The molecule has 0 amide bonds. The SMILES string of the molecule is CC1=C(c2ccc3c(c2)C2(CCCCC2)OC(=S)N3)C=C(C#N)C(=S)C1. The molecule has 3 aliphatic rings. The van der Waals surface area contributed by atoms with E-state index >= 15 is 0 Å². The van der Waals surface area contributed by atoms with Crippen LogP contribution in [-0.2, 0) is 10.3 Å². The minimum absolute atomic E-state index is 0.313. The van der Waals surface area contributed by atoms with Crippen LogP contribution in [0.2, 0.25) is 0 Å². The van der Waals surface area contributed by atoms with Crippen LogP contribution in [-0.4, -0.2) is 10.0 Å². The first-order valence-electron chi connectivity index (χ1n) is 9.02. The van der Waals surface area contributed by atoms with Crippen LogP contribution in [0.4, 0.5) is 5.69 Å². The summed E-state index contributed by atoms with van der Waals surface area (Å²) in [5, 5.41) is 13.0. The van der Waals surface area contributed by atoms with Crippen molar-refractivity contribution < 1.29 is 4.74 Å². The van der Waals surface area contributed by atoms with Crippen molar-refractivity contribution in [3.05, 3.63) is 46.5 Å². The summed E-state index contributed by atoms with van der Waals surface area (Å²) in [5.74, 6) is 0. The second-order valence-electron chi connectivity index (χ2n) is 7.29. The third-order valence-electron chi connectivity index (χ3n) is 5.60. The van der Waals surface area contributed by atoms with Crippen molar-refractivity contribution in [3.63, 3.8) is 0 Å². The maximum absolute atomic E-state index is 9.36. The number of nitrogens with one attached hydrogen (secondary N) is 1. The number of nitrogens with zero attached hydrogens (tertiary/aromatic N) is 1. The van der Waals surface area contributed by atoms with E-state index in [0.717, 1.165) is 47.4 Å². The molecule has 26 heavy (non-hydrogen) atoms. The molecule has 0 unspecified atom stereocenters. The fourth-order valence-electron chi connectivity index (χ4n) is 4.26. The van der Waals surface area contributed by atoms with E-state index in [1.807, 2.05) is 6.08 Å². The van der Waals surface area contributed by atoms with Gasteiger partial charge in [-0.15, -0.1) is 0 Å². The summed E-state index contributed by atoms with van der Waals surface area (Å²) in [7, 11) is 0. The highest BCUT2D eigenvalue weighted by atomic mass is 32.1. The highest BCUT2D eigenvalue weighted by molar-refractivity contribution is 7.81. The zero-order valence-electron chi connectivity index (χ0n) is 14.7. The Balaban J connectivity index is 1.82. The molecular weight excluding hydrogens is 360 g/mol. The van der Waals surface area contributed by atoms with Gasteiger partial charge >= 0.3 is 0 Å². The molecule has 0 radical (unpaired) electrons. The Hall–Kier alpha value is -2.03. The van der Waals surface area contributed by atoms with Gasteiger partial charge in [0.25, 0.3) is 5.17 Å². The molecule has 0 bridgehead atoms. The third-order valence-corrected chi connectivity index (χ3v) is 6.15. The molecule has 4 rings (SSSR count). The lowest BCUT2D eigenvalue weighted by Crippen LogP contribution is -2.40. The van der Waals surface area contributed by atoms with Crippen LogP contribution in [0.25, 0.3) is 5.57 Å². The van der Waals surface area contributed by atoms with E-state index < -0.39 is 0 Å². The molecule has 1 saturated carbocycles. The number of hydrogen-bond acceptors (Lipinski definition) is 4. The lowest BCUT2D eigenvalue weighted by molar-refractivity contribution is 0.0140. The summed E-state index contributed by atoms with van der Waals surface area (Å²) < 4.78 is 6.19. The first-order valence-corrected chi connectivity index (χ1v) is 9.84. The molecule has 3 nitrogen and oxygen atoms in total. The molecule has 0 aromatic heterocycles. The Morgan fingerprint density at radius 3 is 2.69 bits per heavy atom. The van der Waals surface area contributed by atoms with E-state index in [-0.39, 0.29) is 5.60 Å². The Bertz CT molecular complexity index is 914. The summed E-state index contributed by atoms with van der Waals surface area (Å²) in [5.41, 5.74) is 5.92. The normalized spacial score (nSPS) is 21.5. The van der Waals surface area contributed by atoms with Gasteiger partial charge in [-0.3, -0.25) is 0 Å². The van der Waals surface area contributed by atoms with Crippen molar-refractivity contribution in [2.45, 2.75) is 51.0 Å². The van der Waals surface area contributed by atoms with E-state index in [1.165, 1.54) is 17.6 Å². The standard InChI is InChI=1S/C21H20N2OS2/c1-13-9-19(25)15(12-22)10-16(13)14-5-6-18-17(11-14)21(24-20(26)23-18)7-3-2-4-8-21/h5-6,10-11H,2-4,7-9H2,1H3,(H,23,26). The monoisotopic (exact) mass is 380 g/mol. The van der Waals surface area contributed by atoms with Gasteiger partial charge in [-0.05, 0) is 74.2 Å². The molecule has 5 heteroatoms. The van der Waals surface area contributed by atoms with Gasteiger partial charge in [0.15, 0.2) is 0 Å². The number of fused-ring (bicyclic) bond motifs is 2. The van der Waals surface area contributed by atoms with Crippen molar-refractivity contribution in [2.75, 3.05) is 5.32 Å². The first kappa shape index (κ1) is 17.4. The molecule has 0 saturated heterocycles. The van der Waals surface area contributed by atoms with Crippen molar-refractivity contribution in [1.29, 1.82) is 5.26 Å². The molecule has 1 spiro atoms. The number of nitriles is 1. The lowest BCUT2D eigenvalue weighted by atomic mass is 9.77. The van der Waals surface area contributed by atoms with Crippen LogP contribution in [0.15, 0.2) is 35.4 Å². The van der Waals surface area contributed by atoms with E-state index in [2.05, 4.69) is 36.5 Å². The summed E-state index contributed by atoms with van der Waals surface area (Å²) in [4.78, 5) is 0.728. The third kappa shape index (κ3) is 2.87. The maximum atomic E-state index is 9.36. The van der Waals surface area contributed by atoms with Crippen LogP contribution < -0.4 is 5.32 Å². The maximum Gasteiger partial charge on any atom is 0.262 e. The Kier molecular flexibility index (Phi) is 4.42. The minimum Gasteiger partial charge on any atom is -0.459 e. The van der Waals surface area contributed by atoms with Crippen molar-refractivity contribution in [2.24, 2.45) is 0 Å². The fourth-order valence-corrected chi connectivity index (χ4v) is 4.85. The number of anilines is 1. The van der Waals surface area contributed by atoms with Gasteiger partial charge in [-0.1, -0.05) is 30.3 Å². The fraction of sp³-hybridized carbons (Fsp3) is 0.381. The molecular formula is C21H20N2OS2. The highest BCUT2D eigenvalue weighted by Crippen LogP contribution is 2.47. The van der Waals surface area contributed by atoms with Gasteiger partial charge in [0.1, 0.15) is 11.7 Å². The average molecular weight is 381 g/mol. The topological polar surface area (TPSA) is 45.0 Å². The molecule has 2 aliphatic carbocycles. The number of allylic oxidation sites excluding steroid dienone is 4. The van der Waals surface area contributed by atoms with E-state index in [1.54, 1.807) is 0 Å². The van der Waals surface area contributed by atoms with Gasteiger partial charge in [0.05, 0.1) is 5.57 Å². The summed E-state index contributed by atoms with van der Waals surface area (Å²) >= 11 is 10.7.